The van der Waals surface area contributed by atoms with E-state index in [4.69, 9.17) is 4.74 Å². The van der Waals surface area contributed by atoms with Gasteiger partial charge in [-0.1, -0.05) is 30.3 Å². The van der Waals surface area contributed by atoms with Crippen LogP contribution in [0.4, 0.5) is 4.39 Å². The van der Waals surface area contributed by atoms with E-state index in [1.54, 1.807) is 12.7 Å². The molecular formula is C25H28FN5O. The summed E-state index contributed by atoms with van der Waals surface area (Å²) < 4.78 is 22.9. The molecule has 7 heteroatoms. The van der Waals surface area contributed by atoms with E-state index in [1.807, 2.05) is 41.1 Å². The molecule has 2 aromatic heterocycles. The fourth-order valence-corrected chi connectivity index (χ4v) is 4.46. The molecule has 6 nitrogen and oxygen atoms in total. The highest BCUT2D eigenvalue weighted by molar-refractivity contribution is 5.85. The molecule has 32 heavy (non-hydrogen) atoms. The SMILES string of the molecule is F[C@H](Cc1c[nH]c2ccc(-n3cnnc3)cc12)CN1CCC(OCc2ccccc2)CC1. The lowest BCUT2D eigenvalue weighted by Crippen LogP contribution is -2.40. The predicted molar refractivity (Wildman–Crippen MR) is 123 cm³/mol. The third-order valence-corrected chi connectivity index (χ3v) is 6.23. The van der Waals surface area contributed by atoms with Crippen molar-refractivity contribution in [2.75, 3.05) is 19.6 Å². The number of aromatic amines is 1. The lowest BCUT2D eigenvalue weighted by atomic mass is 10.0. The van der Waals surface area contributed by atoms with Gasteiger partial charge >= 0.3 is 0 Å². The molecule has 0 saturated carbocycles. The van der Waals surface area contributed by atoms with Gasteiger partial charge in [0.15, 0.2) is 0 Å². The Balaban J connectivity index is 1.13. The molecule has 1 aliphatic heterocycles. The van der Waals surface area contributed by atoms with Crippen LogP contribution in [0.1, 0.15) is 24.0 Å². The van der Waals surface area contributed by atoms with Crippen molar-refractivity contribution in [2.24, 2.45) is 0 Å². The standard InChI is InChI=1S/C25H28FN5O/c26-21(15-30-10-8-23(9-11-30)32-16-19-4-2-1-3-5-19)12-20-14-27-25-7-6-22(13-24(20)25)31-17-28-29-18-31/h1-7,13-14,17-18,21,23,27H,8-12,15-16H2/t21-/m1/s1. The first-order valence-electron chi connectivity index (χ1n) is 11.2. The summed E-state index contributed by atoms with van der Waals surface area (Å²) in [5, 5.41) is 8.78. The molecule has 0 unspecified atom stereocenters. The Labute approximate surface area is 187 Å². The molecule has 1 fully saturated rings. The van der Waals surface area contributed by atoms with Gasteiger partial charge < -0.3 is 14.6 Å². The Morgan fingerprint density at radius 1 is 1.06 bits per heavy atom. The second-order valence-corrected chi connectivity index (χ2v) is 8.51. The molecule has 1 atom stereocenters. The van der Waals surface area contributed by atoms with Gasteiger partial charge in [-0.15, -0.1) is 10.2 Å². The van der Waals surface area contributed by atoms with Gasteiger partial charge in [0.25, 0.3) is 0 Å². The highest BCUT2D eigenvalue weighted by Gasteiger charge is 2.23. The average Bonchev–Trinajstić information content (AvgIpc) is 3.50. The molecule has 2 aromatic carbocycles. The molecule has 0 aliphatic carbocycles. The van der Waals surface area contributed by atoms with Crippen LogP contribution < -0.4 is 0 Å². The zero-order valence-corrected chi connectivity index (χ0v) is 18.0. The maximum Gasteiger partial charge on any atom is 0.123 e. The molecular weight excluding hydrogens is 405 g/mol. The van der Waals surface area contributed by atoms with Crippen LogP contribution in [-0.2, 0) is 17.8 Å². The summed E-state index contributed by atoms with van der Waals surface area (Å²) in [6, 6.07) is 16.3. The van der Waals surface area contributed by atoms with E-state index < -0.39 is 6.17 Å². The monoisotopic (exact) mass is 433 g/mol. The summed E-state index contributed by atoms with van der Waals surface area (Å²) in [7, 11) is 0. The number of benzene rings is 2. The number of piperidine rings is 1. The summed E-state index contributed by atoms with van der Waals surface area (Å²) in [5.74, 6) is 0. The van der Waals surface area contributed by atoms with Crippen LogP contribution in [0, 0.1) is 0 Å². The number of alkyl halides is 1. The van der Waals surface area contributed by atoms with Gasteiger partial charge in [-0.3, -0.25) is 4.57 Å². The number of halogens is 1. The number of fused-ring (bicyclic) bond motifs is 1. The highest BCUT2D eigenvalue weighted by Crippen LogP contribution is 2.24. The van der Waals surface area contributed by atoms with E-state index >= 15 is 4.39 Å². The second kappa shape index (κ2) is 9.63. The fourth-order valence-electron chi connectivity index (χ4n) is 4.46. The third-order valence-electron chi connectivity index (χ3n) is 6.23. The van der Waals surface area contributed by atoms with Gasteiger partial charge in [-0.2, -0.15) is 0 Å². The quantitative estimate of drug-likeness (QED) is 0.450. The maximum atomic E-state index is 15.0. The molecule has 0 spiro atoms. The molecule has 0 amide bonds. The lowest BCUT2D eigenvalue weighted by molar-refractivity contribution is -0.00620. The van der Waals surface area contributed by atoms with Crippen molar-refractivity contribution in [2.45, 2.75) is 38.1 Å². The van der Waals surface area contributed by atoms with Crippen molar-refractivity contribution in [3.63, 3.8) is 0 Å². The second-order valence-electron chi connectivity index (χ2n) is 8.51. The largest absolute Gasteiger partial charge is 0.373 e. The third kappa shape index (κ3) is 4.89. The Bertz CT molecular complexity index is 1120. The first-order chi connectivity index (χ1) is 15.7. The first-order valence-corrected chi connectivity index (χ1v) is 11.2. The summed E-state index contributed by atoms with van der Waals surface area (Å²) in [5.41, 5.74) is 4.19. The smallest absolute Gasteiger partial charge is 0.123 e. The summed E-state index contributed by atoms with van der Waals surface area (Å²) in [6.45, 7) is 2.87. The van der Waals surface area contributed by atoms with E-state index in [1.165, 1.54) is 5.56 Å². The zero-order valence-electron chi connectivity index (χ0n) is 18.0. The molecule has 1 aliphatic rings. The minimum atomic E-state index is -0.908. The molecule has 5 rings (SSSR count). The van der Waals surface area contributed by atoms with Crippen molar-refractivity contribution in [3.05, 3.63) is 78.5 Å². The molecule has 1 N–H and O–H groups in total. The van der Waals surface area contributed by atoms with Gasteiger partial charge in [0.05, 0.1) is 12.7 Å². The molecule has 0 bridgehead atoms. The summed E-state index contributed by atoms with van der Waals surface area (Å²) in [6.07, 6.45) is 6.91. The van der Waals surface area contributed by atoms with E-state index in [2.05, 4.69) is 38.3 Å². The van der Waals surface area contributed by atoms with Crippen LogP contribution in [-0.4, -0.2) is 56.6 Å². The molecule has 166 valence electrons. The van der Waals surface area contributed by atoms with E-state index in [-0.39, 0.29) is 6.10 Å². The maximum absolute atomic E-state index is 15.0. The molecule has 4 aromatic rings. The average molecular weight is 434 g/mol. The van der Waals surface area contributed by atoms with Crippen molar-refractivity contribution >= 4 is 10.9 Å². The molecule has 3 heterocycles. The van der Waals surface area contributed by atoms with Crippen molar-refractivity contribution in [3.8, 4) is 5.69 Å². The van der Waals surface area contributed by atoms with Crippen molar-refractivity contribution < 1.29 is 9.13 Å². The highest BCUT2D eigenvalue weighted by atomic mass is 19.1. The van der Waals surface area contributed by atoms with Crippen LogP contribution >= 0.6 is 0 Å². The summed E-state index contributed by atoms with van der Waals surface area (Å²) >= 11 is 0. The zero-order chi connectivity index (χ0) is 21.8. The number of likely N-dealkylation sites (tertiary alicyclic amines) is 1. The number of H-pyrrole nitrogens is 1. The Morgan fingerprint density at radius 3 is 2.62 bits per heavy atom. The van der Waals surface area contributed by atoms with Crippen LogP contribution in [0.3, 0.4) is 0 Å². The Morgan fingerprint density at radius 2 is 1.84 bits per heavy atom. The van der Waals surface area contributed by atoms with E-state index in [0.717, 1.165) is 48.1 Å². The minimum absolute atomic E-state index is 0.259. The van der Waals surface area contributed by atoms with Gasteiger partial charge in [0.2, 0.25) is 0 Å². The predicted octanol–water partition coefficient (Wildman–Crippen LogP) is 4.31. The van der Waals surface area contributed by atoms with Crippen LogP contribution in [0.25, 0.3) is 16.6 Å². The van der Waals surface area contributed by atoms with Gasteiger partial charge in [-0.25, -0.2) is 4.39 Å². The number of nitrogens with one attached hydrogen (secondary N) is 1. The van der Waals surface area contributed by atoms with E-state index in [0.29, 0.717) is 19.6 Å². The van der Waals surface area contributed by atoms with Crippen LogP contribution in [0.2, 0.25) is 0 Å². The van der Waals surface area contributed by atoms with Gasteiger partial charge in [0, 0.05) is 48.8 Å². The Hall–Kier alpha value is -3.03. The fraction of sp³-hybridized carbons (Fsp3) is 0.360. The lowest BCUT2D eigenvalue weighted by Gasteiger charge is -2.32. The topological polar surface area (TPSA) is 59.0 Å². The van der Waals surface area contributed by atoms with Gasteiger partial charge in [-0.05, 0) is 42.2 Å². The molecule has 1 saturated heterocycles. The number of rotatable bonds is 8. The van der Waals surface area contributed by atoms with Crippen molar-refractivity contribution in [1.82, 2.24) is 24.6 Å². The first kappa shape index (κ1) is 20.8. The van der Waals surface area contributed by atoms with Crippen molar-refractivity contribution in [1.29, 1.82) is 0 Å². The minimum Gasteiger partial charge on any atom is -0.373 e. The van der Waals surface area contributed by atoms with E-state index in [9.17, 15) is 0 Å². The number of aromatic nitrogens is 4. The normalized spacial score (nSPS) is 16.5. The van der Waals surface area contributed by atoms with Crippen LogP contribution in [0.5, 0.6) is 0 Å². The number of hydrogen-bond acceptors (Lipinski definition) is 4. The number of nitrogens with zero attached hydrogens (tertiary/aromatic N) is 4. The molecule has 0 radical (unpaired) electrons. The Kier molecular flexibility index (Phi) is 6.27. The number of ether oxygens (including phenoxy) is 1. The number of hydrogen-bond donors (Lipinski definition) is 1. The van der Waals surface area contributed by atoms with Gasteiger partial charge in [0.1, 0.15) is 18.8 Å². The van der Waals surface area contributed by atoms with Crippen LogP contribution in [0.15, 0.2) is 67.4 Å². The summed E-state index contributed by atoms with van der Waals surface area (Å²) in [4.78, 5) is 5.49.